The van der Waals surface area contributed by atoms with Crippen molar-refractivity contribution in [2.45, 2.75) is 38.8 Å². The summed E-state index contributed by atoms with van der Waals surface area (Å²) in [5.74, 6) is 1.87. The van der Waals surface area contributed by atoms with Crippen LogP contribution in [0.4, 0.5) is 5.69 Å². The molecule has 4 rings (SSSR count). The van der Waals surface area contributed by atoms with Gasteiger partial charge in [-0.3, -0.25) is 9.59 Å². The maximum absolute atomic E-state index is 13.2. The fourth-order valence-electron chi connectivity index (χ4n) is 4.32. The molecule has 0 aromatic heterocycles. The van der Waals surface area contributed by atoms with Gasteiger partial charge >= 0.3 is 0 Å². The number of fused-ring (bicyclic) bond motifs is 1. The van der Waals surface area contributed by atoms with Crippen LogP contribution in [0.5, 0.6) is 17.2 Å². The summed E-state index contributed by atoms with van der Waals surface area (Å²) in [4.78, 5) is 27.6. The molecule has 36 heavy (non-hydrogen) atoms. The number of carbonyl (C=O) groups excluding carboxylic acids is 2. The number of anilines is 1. The highest BCUT2D eigenvalue weighted by Crippen LogP contribution is 2.31. The van der Waals surface area contributed by atoms with Crippen LogP contribution < -0.4 is 19.5 Å². The lowest BCUT2D eigenvalue weighted by atomic mass is 10.1. The largest absolute Gasteiger partial charge is 0.493 e. The Labute approximate surface area is 212 Å². The Morgan fingerprint density at radius 1 is 1.00 bits per heavy atom. The minimum absolute atomic E-state index is 0.0381. The lowest BCUT2D eigenvalue weighted by molar-refractivity contribution is -0.138. The van der Waals surface area contributed by atoms with E-state index in [-0.39, 0.29) is 11.8 Å². The summed E-state index contributed by atoms with van der Waals surface area (Å²) in [6.07, 6.45) is 0.976. The molecule has 0 unspecified atom stereocenters. The van der Waals surface area contributed by atoms with Gasteiger partial charge in [0.2, 0.25) is 5.91 Å². The predicted octanol–water partition coefficient (Wildman–Crippen LogP) is 4.63. The number of hydrogen-bond donors (Lipinski definition) is 1. The second kappa shape index (κ2) is 11.6. The third-order valence-corrected chi connectivity index (χ3v) is 6.26. The smallest absolute Gasteiger partial charge is 0.263 e. The first-order chi connectivity index (χ1) is 17.5. The molecule has 3 aromatic rings. The maximum atomic E-state index is 13.2. The topological polar surface area (TPSA) is 77.1 Å². The van der Waals surface area contributed by atoms with E-state index in [2.05, 4.69) is 5.32 Å². The minimum Gasteiger partial charge on any atom is -0.493 e. The molecular formula is C29H32N2O5. The zero-order valence-corrected chi connectivity index (χ0v) is 21.0. The first kappa shape index (κ1) is 25.1. The van der Waals surface area contributed by atoms with Crippen molar-refractivity contribution in [3.05, 3.63) is 83.4 Å². The van der Waals surface area contributed by atoms with E-state index < -0.39 is 6.10 Å². The summed E-state index contributed by atoms with van der Waals surface area (Å²) in [5.41, 5.74) is 3.54. The number of rotatable bonds is 9. The van der Waals surface area contributed by atoms with Gasteiger partial charge in [-0.15, -0.1) is 0 Å². The Morgan fingerprint density at radius 3 is 2.50 bits per heavy atom. The quantitative estimate of drug-likeness (QED) is 0.475. The summed E-state index contributed by atoms with van der Waals surface area (Å²) in [7, 11) is 3.21. The molecule has 7 nitrogen and oxygen atoms in total. The van der Waals surface area contributed by atoms with Crippen LogP contribution in [0.1, 0.15) is 30.0 Å². The van der Waals surface area contributed by atoms with Gasteiger partial charge in [-0.25, -0.2) is 0 Å². The Kier molecular flexibility index (Phi) is 8.10. The average Bonchev–Trinajstić information content (AvgIpc) is 3.03. The number of benzene rings is 3. The fraction of sp³-hybridized carbons (Fsp3) is 0.310. The van der Waals surface area contributed by atoms with Crippen molar-refractivity contribution in [2.75, 3.05) is 26.1 Å². The van der Waals surface area contributed by atoms with Crippen LogP contribution in [0.25, 0.3) is 0 Å². The van der Waals surface area contributed by atoms with E-state index in [9.17, 15) is 9.59 Å². The van der Waals surface area contributed by atoms with Crippen LogP contribution in [0.15, 0.2) is 66.7 Å². The molecule has 0 saturated carbocycles. The molecule has 1 heterocycles. The highest BCUT2D eigenvalue weighted by molar-refractivity contribution is 5.92. The molecule has 3 aromatic carbocycles. The van der Waals surface area contributed by atoms with Gasteiger partial charge in [-0.1, -0.05) is 43.3 Å². The molecule has 0 spiro atoms. The van der Waals surface area contributed by atoms with Crippen molar-refractivity contribution in [3.8, 4) is 17.2 Å². The second-order valence-electron chi connectivity index (χ2n) is 8.75. The zero-order valence-electron chi connectivity index (χ0n) is 21.0. The maximum Gasteiger partial charge on any atom is 0.263 e. The lowest BCUT2D eigenvalue weighted by Crippen LogP contribution is -2.40. The van der Waals surface area contributed by atoms with Gasteiger partial charge in [0.15, 0.2) is 17.6 Å². The normalized spacial score (nSPS) is 14.9. The lowest BCUT2D eigenvalue weighted by Gasteiger charge is -2.23. The van der Waals surface area contributed by atoms with E-state index >= 15 is 0 Å². The Hall–Kier alpha value is -4.00. The van der Waals surface area contributed by atoms with Crippen molar-refractivity contribution in [2.24, 2.45) is 0 Å². The minimum atomic E-state index is -0.546. The van der Waals surface area contributed by atoms with Crippen molar-refractivity contribution in [1.82, 2.24) is 4.90 Å². The third-order valence-electron chi connectivity index (χ3n) is 6.26. The SMILES string of the molecule is CC[C@H]1Oc2ccc(NC(=O)Cc3ccccc3)cc2CN(CCc2ccc(OC)c(OC)c2)C1=O. The molecule has 1 aliphatic heterocycles. The molecular weight excluding hydrogens is 456 g/mol. The summed E-state index contributed by atoms with van der Waals surface area (Å²) in [6.45, 7) is 2.87. The van der Waals surface area contributed by atoms with Crippen molar-refractivity contribution < 1.29 is 23.8 Å². The molecule has 7 heteroatoms. The van der Waals surface area contributed by atoms with Crippen LogP contribution in [-0.2, 0) is 29.0 Å². The summed E-state index contributed by atoms with van der Waals surface area (Å²) >= 11 is 0. The van der Waals surface area contributed by atoms with Gasteiger partial charge in [0.05, 0.1) is 20.6 Å². The highest BCUT2D eigenvalue weighted by atomic mass is 16.5. The van der Waals surface area contributed by atoms with Crippen molar-refractivity contribution >= 4 is 17.5 Å². The first-order valence-corrected chi connectivity index (χ1v) is 12.1. The standard InChI is InChI=1S/C29H32N2O5/c1-4-24-29(33)31(15-14-21-10-12-26(34-2)27(16-21)35-3)19-22-18-23(11-13-25(22)36-24)30-28(32)17-20-8-6-5-7-9-20/h5-13,16,18,24H,4,14-15,17,19H2,1-3H3,(H,30,32)/t24-/m1/s1. The zero-order chi connectivity index (χ0) is 25.5. The number of amides is 2. The molecule has 188 valence electrons. The molecule has 2 amide bonds. The predicted molar refractivity (Wildman–Crippen MR) is 139 cm³/mol. The van der Waals surface area contributed by atoms with Gasteiger partial charge in [0, 0.05) is 24.3 Å². The van der Waals surface area contributed by atoms with Crippen molar-refractivity contribution in [3.63, 3.8) is 0 Å². The second-order valence-corrected chi connectivity index (χ2v) is 8.75. The van der Waals surface area contributed by atoms with E-state index in [1.54, 1.807) is 14.2 Å². The van der Waals surface area contributed by atoms with Gasteiger partial charge in [-0.05, 0) is 54.3 Å². The molecule has 0 saturated heterocycles. The van der Waals surface area contributed by atoms with Crippen LogP contribution >= 0.6 is 0 Å². The summed E-state index contributed by atoms with van der Waals surface area (Å²) in [5, 5.41) is 2.97. The first-order valence-electron chi connectivity index (χ1n) is 12.1. The Balaban J connectivity index is 1.49. The van der Waals surface area contributed by atoms with Gasteiger partial charge in [-0.2, -0.15) is 0 Å². The number of carbonyl (C=O) groups is 2. The summed E-state index contributed by atoms with van der Waals surface area (Å²) < 4.78 is 16.8. The third kappa shape index (κ3) is 5.97. The van der Waals surface area contributed by atoms with Gasteiger partial charge < -0.3 is 24.4 Å². The molecule has 0 bridgehead atoms. The van der Waals surface area contributed by atoms with Crippen LogP contribution in [0.3, 0.4) is 0 Å². The van der Waals surface area contributed by atoms with Crippen LogP contribution in [0, 0.1) is 0 Å². The molecule has 1 atom stereocenters. The summed E-state index contributed by atoms with van der Waals surface area (Å²) in [6, 6.07) is 20.9. The molecule has 1 aliphatic rings. The van der Waals surface area contributed by atoms with Crippen LogP contribution in [0.2, 0.25) is 0 Å². The van der Waals surface area contributed by atoms with Gasteiger partial charge in [0.25, 0.3) is 5.91 Å². The highest BCUT2D eigenvalue weighted by Gasteiger charge is 2.30. The van der Waals surface area contributed by atoms with E-state index in [1.165, 1.54) is 0 Å². The van der Waals surface area contributed by atoms with E-state index in [0.29, 0.717) is 55.3 Å². The fourth-order valence-corrected chi connectivity index (χ4v) is 4.32. The van der Waals surface area contributed by atoms with Gasteiger partial charge in [0.1, 0.15) is 5.75 Å². The number of nitrogens with zero attached hydrogens (tertiary/aromatic N) is 1. The number of hydrogen-bond acceptors (Lipinski definition) is 5. The number of nitrogens with one attached hydrogen (secondary N) is 1. The monoisotopic (exact) mass is 488 g/mol. The van der Waals surface area contributed by atoms with E-state index in [1.807, 2.05) is 78.6 Å². The van der Waals surface area contributed by atoms with Crippen molar-refractivity contribution in [1.29, 1.82) is 0 Å². The molecule has 0 radical (unpaired) electrons. The number of ether oxygens (including phenoxy) is 3. The van der Waals surface area contributed by atoms with Crippen LogP contribution in [-0.4, -0.2) is 43.6 Å². The number of methoxy groups -OCH3 is 2. The molecule has 1 N–H and O–H groups in total. The molecule has 0 fully saturated rings. The molecule has 0 aliphatic carbocycles. The van der Waals surface area contributed by atoms with E-state index in [0.717, 1.165) is 16.7 Å². The average molecular weight is 489 g/mol. The Morgan fingerprint density at radius 2 is 1.78 bits per heavy atom. The van der Waals surface area contributed by atoms with E-state index in [4.69, 9.17) is 14.2 Å². The Bertz CT molecular complexity index is 1210.